The highest BCUT2D eigenvalue weighted by atomic mass is 16.4. The highest BCUT2D eigenvalue weighted by Crippen LogP contribution is 2.11. The van der Waals surface area contributed by atoms with Crippen LogP contribution in [0.25, 0.3) is 0 Å². The van der Waals surface area contributed by atoms with Gasteiger partial charge in [0.1, 0.15) is 0 Å². The molecule has 1 N–H and O–H groups in total. The van der Waals surface area contributed by atoms with E-state index in [4.69, 9.17) is 5.11 Å². The minimum atomic E-state index is -1.02. The number of carboxylic acid groups (broad SMARTS) is 1. The number of carboxylic acids is 1. The molecule has 0 saturated heterocycles. The second-order valence-electron chi connectivity index (χ2n) is 4.79. The molecule has 102 valence electrons. The van der Waals surface area contributed by atoms with Gasteiger partial charge in [-0.05, 0) is 31.0 Å². The maximum absolute atomic E-state index is 12.1. The van der Waals surface area contributed by atoms with Crippen LogP contribution in [0.5, 0.6) is 0 Å². The molecule has 0 unspecified atom stereocenters. The van der Waals surface area contributed by atoms with Gasteiger partial charge in [-0.3, -0.25) is 4.79 Å². The molecule has 0 heterocycles. The van der Waals surface area contributed by atoms with Gasteiger partial charge in [0.15, 0.2) is 5.78 Å². The van der Waals surface area contributed by atoms with Gasteiger partial charge in [0.05, 0.1) is 5.56 Å². The Morgan fingerprint density at radius 1 is 1.00 bits per heavy atom. The molecule has 0 aliphatic heterocycles. The molecule has 0 spiro atoms. The second-order valence-corrected chi connectivity index (χ2v) is 4.79. The summed E-state index contributed by atoms with van der Waals surface area (Å²) in [4.78, 5) is 22.9. The third-order valence-corrected chi connectivity index (χ3v) is 3.19. The van der Waals surface area contributed by atoms with Crippen molar-refractivity contribution in [2.45, 2.75) is 19.8 Å². The summed E-state index contributed by atoms with van der Waals surface area (Å²) >= 11 is 0. The molecule has 0 aliphatic carbocycles. The van der Waals surface area contributed by atoms with Crippen LogP contribution in [0.15, 0.2) is 48.5 Å². The average Bonchev–Trinajstić information content (AvgIpc) is 2.46. The van der Waals surface area contributed by atoms with E-state index >= 15 is 0 Å². The van der Waals surface area contributed by atoms with E-state index in [1.165, 1.54) is 17.7 Å². The number of aryl methyl sites for hydroxylation is 2. The Bertz CT molecular complexity index is 627. The first kappa shape index (κ1) is 14.0. The van der Waals surface area contributed by atoms with Crippen LogP contribution < -0.4 is 0 Å². The standard InChI is InChI=1S/C17H16O3/c1-12-5-7-13(8-6-12)9-10-16(18)14-3-2-4-15(11-14)17(19)20/h2-8,11H,9-10H2,1H3,(H,19,20). The van der Waals surface area contributed by atoms with Gasteiger partial charge in [-0.2, -0.15) is 0 Å². The molecular formula is C17H16O3. The van der Waals surface area contributed by atoms with Gasteiger partial charge in [-0.1, -0.05) is 42.0 Å². The van der Waals surface area contributed by atoms with Crippen molar-refractivity contribution in [3.05, 3.63) is 70.8 Å². The zero-order valence-corrected chi connectivity index (χ0v) is 11.3. The maximum atomic E-state index is 12.1. The smallest absolute Gasteiger partial charge is 0.335 e. The number of ketones is 1. The van der Waals surface area contributed by atoms with Crippen LogP contribution >= 0.6 is 0 Å². The molecule has 0 saturated carbocycles. The Balaban J connectivity index is 2.03. The molecule has 2 aromatic carbocycles. The number of hydrogen-bond donors (Lipinski definition) is 1. The lowest BCUT2D eigenvalue weighted by Crippen LogP contribution is -2.04. The SMILES string of the molecule is Cc1ccc(CCC(=O)c2cccc(C(=O)O)c2)cc1. The number of aromatic carboxylic acids is 1. The largest absolute Gasteiger partial charge is 0.478 e. The van der Waals surface area contributed by atoms with Crippen LogP contribution in [0, 0.1) is 6.92 Å². The van der Waals surface area contributed by atoms with Crippen molar-refractivity contribution in [3.63, 3.8) is 0 Å². The fraction of sp³-hybridized carbons (Fsp3) is 0.176. The molecule has 20 heavy (non-hydrogen) atoms. The van der Waals surface area contributed by atoms with Crippen molar-refractivity contribution in [2.75, 3.05) is 0 Å². The minimum Gasteiger partial charge on any atom is -0.478 e. The predicted octanol–water partition coefficient (Wildman–Crippen LogP) is 3.51. The number of rotatable bonds is 5. The Morgan fingerprint density at radius 2 is 1.65 bits per heavy atom. The first-order valence-corrected chi connectivity index (χ1v) is 6.48. The number of Topliss-reactive ketones (excluding diaryl/α,β-unsaturated/α-hetero) is 1. The van der Waals surface area contributed by atoms with Gasteiger partial charge >= 0.3 is 5.97 Å². The van der Waals surface area contributed by atoms with Crippen LogP contribution in [0.1, 0.15) is 38.3 Å². The van der Waals surface area contributed by atoms with E-state index in [2.05, 4.69) is 0 Å². The number of carbonyl (C=O) groups is 2. The summed E-state index contributed by atoms with van der Waals surface area (Å²) < 4.78 is 0. The lowest BCUT2D eigenvalue weighted by molar-refractivity contribution is 0.0697. The Kier molecular flexibility index (Phi) is 4.31. The second kappa shape index (κ2) is 6.15. The Hall–Kier alpha value is -2.42. The van der Waals surface area contributed by atoms with Crippen molar-refractivity contribution in [3.8, 4) is 0 Å². The predicted molar refractivity (Wildman–Crippen MR) is 77.2 cm³/mol. The van der Waals surface area contributed by atoms with Gasteiger partial charge in [0, 0.05) is 12.0 Å². The monoisotopic (exact) mass is 268 g/mol. The first-order valence-electron chi connectivity index (χ1n) is 6.48. The minimum absolute atomic E-state index is 0.0336. The molecule has 2 rings (SSSR count). The molecular weight excluding hydrogens is 252 g/mol. The summed E-state index contributed by atoms with van der Waals surface area (Å²) in [6.07, 6.45) is 1.04. The molecule has 2 aromatic rings. The highest BCUT2D eigenvalue weighted by Gasteiger charge is 2.09. The molecule has 3 nitrogen and oxygen atoms in total. The van der Waals surface area contributed by atoms with E-state index in [1.54, 1.807) is 12.1 Å². The fourth-order valence-electron chi connectivity index (χ4n) is 1.98. The normalized spacial score (nSPS) is 10.2. The van der Waals surface area contributed by atoms with Gasteiger partial charge in [0.25, 0.3) is 0 Å². The van der Waals surface area contributed by atoms with Gasteiger partial charge in [-0.25, -0.2) is 4.79 Å². The number of benzene rings is 2. The zero-order chi connectivity index (χ0) is 14.5. The summed E-state index contributed by atoms with van der Waals surface area (Å²) in [6, 6.07) is 14.2. The van der Waals surface area contributed by atoms with Gasteiger partial charge in [0.2, 0.25) is 0 Å². The molecule has 0 aliphatic rings. The van der Waals surface area contributed by atoms with E-state index < -0.39 is 5.97 Å². The zero-order valence-electron chi connectivity index (χ0n) is 11.3. The van der Waals surface area contributed by atoms with Crippen LogP contribution in [-0.4, -0.2) is 16.9 Å². The topological polar surface area (TPSA) is 54.4 Å². The summed E-state index contributed by atoms with van der Waals surface area (Å²) in [6.45, 7) is 2.02. The van der Waals surface area contributed by atoms with E-state index in [0.717, 1.165) is 5.56 Å². The van der Waals surface area contributed by atoms with Crippen molar-refractivity contribution < 1.29 is 14.7 Å². The Morgan fingerprint density at radius 3 is 2.30 bits per heavy atom. The van der Waals surface area contributed by atoms with Crippen LogP contribution in [0.3, 0.4) is 0 Å². The van der Waals surface area contributed by atoms with Gasteiger partial charge in [-0.15, -0.1) is 0 Å². The molecule has 0 aromatic heterocycles. The molecule has 0 atom stereocenters. The van der Waals surface area contributed by atoms with E-state index in [1.807, 2.05) is 31.2 Å². The van der Waals surface area contributed by atoms with E-state index in [9.17, 15) is 9.59 Å². The Labute approximate surface area is 117 Å². The molecule has 0 amide bonds. The van der Waals surface area contributed by atoms with Crippen molar-refractivity contribution >= 4 is 11.8 Å². The van der Waals surface area contributed by atoms with Crippen molar-refractivity contribution in [1.29, 1.82) is 0 Å². The summed E-state index contributed by atoms with van der Waals surface area (Å²) in [5.41, 5.74) is 2.90. The summed E-state index contributed by atoms with van der Waals surface area (Å²) in [5, 5.41) is 8.91. The maximum Gasteiger partial charge on any atom is 0.335 e. The molecule has 0 fully saturated rings. The third kappa shape index (κ3) is 3.54. The van der Waals surface area contributed by atoms with Crippen molar-refractivity contribution in [2.24, 2.45) is 0 Å². The lowest BCUT2D eigenvalue weighted by Gasteiger charge is -2.03. The van der Waals surface area contributed by atoms with Crippen LogP contribution in [-0.2, 0) is 6.42 Å². The van der Waals surface area contributed by atoms with Gasteiger partial charge < -0.3 is 5.11 Å². The third-order valence-electron chi connectivity index (χ3n) is 3.19. The highest BCUT2D eigenvalue weighted by molar-refractivity contribution is 5.98. The van der Waals surface area contributed by atoms with E-state index in [-0.39, 0.29) is 11.3 Å². The van der Waals surface area contributed by atoms with E-state index in [0.29, 0.717) is 18.4 Å². The first-order chi connectivity index (χ1) is 9.56. The summed E-state index contributed by atoms with van der Waals surface area (Å²) in [5.74, 6) is -1.05. The van der Waals surface area contributed by atoms with Crippen LogP contribution in [0.2, 0.25) is 0 Å². The quantitative estimate of drug-likeness (QED) is 0.844. The number of hydrogen-bond acceptors (Lipinski definition) is 2. The molecule has 3 heteroatoms. The lowest BCUT2D eigenvalue weighted by atomic mass is 10.0. The fourth-order valence-corrected chi connectivity index (χ4v) is 1.98. The molecule has 0 bridgehead atoms. The summed E-state index contributed by atoms with van der Waals surface area (Å²) in [7, 11) is 0. The van der Waals surface area contributed by atoms with Crippen LogP contribution in [0.4, 0.5) is 0 Å². The van der Waals surface area contributed by atoms with Crippen molar-refractivity contribution in [1.82, 2.24) is 0 Å². The number of carbonyl (C=O) groups excluding carboxylic acids is 1. The average molecular weight is 268 g/mol. The molecule has 0 radical (unpaired) electrons.